The summed E-state index contributed by atoms with van der Waals surface area (Å²) in [6.07, 6.45) is 6.80. The van der Waals surface area contributed by atoms with Crippen molar-refractivity contribution in [3.63, 3.8) is 0 Å². The number of ether oxygens (including phenoxy) is 1. The highest BCUT2D eigenvalue weighted by molar-refractivity contribution is 6.29. The minimum Gasteiger partial charge on any atom is -0.377 e. The predicted octanol–water partition coefficient (Wildman–Crippen LogP) is 2.10. The molecule has 1 aromatic rings. The fourth-order valence-corrected chi connectivity index (χ4v) is 1.36. The molecule has 1 N–H and O–H groups in total. The maximum absolute atomic E-state index is 5.85. The lowest BCUT2D eigenvalue weighted by Gasteiger charge is -2.06. The highest BCUT2D eigenvalue weighted by Gasteiger charge is 2.02. The number of hydrogen-bond acceptors (Lipinski definition) is 4. The smallest absolute Gasteiger partial charge is 0.158 e. The van der Waals surface area contributed by atoms with E-state index in [0.29, 0.717) is 23.4 Å². The molecule has 5 heteroatoms. The van der Waals surface area contributed by atoms with E-state index in [0.717, 1.165) is 19.4 Å². The Balaban J connectivity index is 2.55. The number of nitrogens with zero attached hydrogens (tertiary/aromatic N) is 2. The Morgan fingerprint density at radius 1 is 1.56 bits per heavy atom. The van der Waals surface area contributed by atoms with E-state index in [-0.39, 0.29) is 0 Å². The summed E-state index contributed by atoms with van der Waals surface area (Å²) in [4.78, 5) is 8.26. The van der Waals surface area contributed by atoms with Gasteiger partial charge in [-0.05, 0) is 6.42 Å². The van der Waals surface area contributed by atoms with Gasteiger partial charge in [0.1, 0.15) is 17.6 Å². The van der Waals surface area contributed by atoms with Crippen molar-refractivity contribution in [2.45, 2.75) is 19.4 Å². The van der Waals surface area contributed by atoms with Crippen molar-refractivity contribution in [1.82, 2.24) is 9.97 Å². The van der Waals surface area contributed by atoms with Gasteiger partial charge in [-0.15, -0.1) is 12.3 Å². The molecule has 0 radical (unpaired) electrons. The monoisotopic (exact) mass is 239 g/mol. The zero-order valence-electron chi connectivity index (χ0n) is 9.16. The molecule has 0 aromatic carbocycles. The molecule has 0 unspecified atom stereocenters. The fraction of sp³-hybridized carbons (Fsp3) is 0.455. The maximum Gasteiger partial charge on any atom is 0.158 e. The van der Waals surface area contributed by atoms with E-state index >= 15 is 0 Å². The Kier molecular flexibility index (Phi) is 5.62. The van der Waals surface area contributed by atoms with Crippen LogP contribution in [0.5, 0.6) is 0 Å². The molecule has 1 aromatic heterocycles. The van der Waals surface area contributed by atoms with Gasteiger partial charge in [0.15, 0.2) is 5.82 Å². The average Bonchev–Trinajstić information content (AvgIpc) is 2.24. The summed E-state index contributed by atoms with van der Waals surface area (Å²) in [6.45, 7) is 1.11. The van der Waals surface area contributed by atoms with Gasteiger partial charge in [0.2, 0.25) is 0 Å². The van der Waals surface area contributed by atoms with Crippen LogP contribution in [0.15, 0.2) is 6.07 Å². The standard InChI is InChI=1S/C11H14ClN3O/c1-3-4-5-6-13-10-7-9(12)14-11(15-10)8-16-2/h1,7H,4-6,8H2,2H3,(H,13,14,15). The largest absolute Gasteiger partial charge is 0.377 e. The Labute approximate surface area is 100 Å². The molecular weight excluding hydrogens is 226 g/mol. The van der Waals surface area contributed by atoms with E-state index in [1.54, 1.807) is 13.2 Å². The molecule has 0 aliphatic heterocycles. The van der Waals surface area contributed by atoms with Gasteiger partial charge in [0.25, 0.3) is 0 Å². The second-order valence-electron chi connectivity index (χ2n) is 3.16. The van der Waals surface area contributed by atoms with Crippen LogP contribution in [0.3, 0.4) is 0 Å². The number of methoxy groups -OCH3 is 1. The third-order valence-electron chi connectivity index (χ3n) is 1.82. The zero-order chi connectivity index (χ0) is 11.8. The predicted molar refractivity (Wildman–Crippen MR) is 64.3 cm³/mol. The summed E-state index contributed by atoms with van der Waals surface area (Å²) < 4.78 is 4.94. The highest BCUT2D eigenvalue weighted by Crippen LogP contribution is 2.12. The first-order chi connectivity index (χ1) is 7.76. The van der Waals surface area contributed by atoms with Crippen molar-refractivity contribution in [3.8, 4) is 12.3 Å². The molecule has 1 rings (SSSR count). The third-order valence-corrected chi connectivity index (χ3v) is 2.01. The molecule has 0 spiro atoms. The van der Waals surface area contributed by atoms with Gasteiger partial charge >= 0.3 is 0 Å². The normalized spacial score (nSPS) is 9.81. The first-order valence-electron chi connectivity index (χ1n) is 4.96. The second kappa shape index (κ2) is 7.04. The lowest BCUT2D eigenvalue weighted by atomic mass is 10.3. The summed E-state index contributed by atoms with van der Waals surface area (Å²) in [5.41, 5.74) is 0. The Morgan fingerprint density at radius 2 is 2.38 bits per heavy atom. The summed E-state index contributed by atoms with van der Waals surface area (Å²) >= 11 is 5.85. The maximum atomic E-state index is 5.85. The molecule has 0 amide bonds. The van der Waals surface area contributed by atoms with Crippen LogP contribution in [0.1, 0.15) is 18.7 Å². The summed E-state index contributed by atoms with van der Waals surface area (Å²) in [6, 6.07) is 1.68. The van der Waals surface area contributed by atoms with Crippen LogP contribution in [0.25, 0.3) is 0 Å². The van der Waals surface area contributed by atoms with Crippen LogP contribution in [-0.2, 0) is 11.3 Å². The third kappa shape index (κ3) is 4.47. The molecule has 4 nitrogen and oxygen atoms in total. The highest BCUT2D eigenvalue weighted by atomic mass is 35.5. The van der Waals surface area contributed by atoms with E-state index in [1.165, 1.54) is 0 Å². The SMILES string of the molecule is C#CCCCNc1cc(Cl)nc(COC)n1. The number of unbranched alkanes of at least 4 members (excludes halogenated alkanes) is 1. The molecule has 0 aliphatic carbocycles. The van der Waals surface area contributed by atoms with E-state index in [9.17, 15) is 0 Å². The summed E-state index contributed by atoms with van der Waals surface area (Å²) in [5, 5.41) is 3.54. The Bertz CT molecular complexity index is 376. The van der Waals surface area contributed by atoms with Gasteiger partial charge in [-0.1, -0.05) is 11.6 Å². The fourth-order valence-electron chi connectivity index (χ4n) is 1.16. The van der Waals surface area contributed by atoms with Crippen molar-refractivity contribution in [2.75, 3.05) is 19.0 Å². The number of aromatic nitrogens is 2. The van der Waals surface area contributed by atoms with E-state index < -0.39 is 0 Å². The lowest BCUT2D eigenvalue weighted by molar-refractivity contribution is 0.178. The van der Waals surface area contributed by atoms with Gasteiger partial charge in [-0.2, -0.15) is 0 Å². The van der Waals surface area contributed by atoms with Crippen molar-refractivity contribution < 1.29 is 4.74 Å². The van der Waals surface area contributed by atoms with Crippen molar-refractivity contribution in [2.24, 2.45) is 0 Å². The summed E-state index contributed by atoms with van der Waals surface area (Å²) in [5.74, 6) is 3.84. The minimum absolute atomic E-state index is 0.347. The number of nitrogens with one attached hydrogen (secondary N) is 1. The van der Waals surface area contributed by atoms with Crippen molar-refractivity contribution in [1.29, 1.82) is 0 Å². The van der Waals surface area contributed by atoms with E-state index in [1.807, 2.05) is 0 Å². The lowest BCUT2D eigenvalue weighted by Crippen LogP contribution is -2.06. The Hall–Kier alpha value is -1.31. The van der Waals surface area contributed by atoms with Gasteiger partial charge < -0.3 is 10.1 Å². The number of hydrogen-bond donors (Lipinski definition) is 1. The minimum atomic E-state index is 0.347. The van der Waals surface area contributed by atoms with Crippen molar-refractivity contribution in [3.05, 3.63) is 17.0 Å². The van der Waals surface area contributed by atoms with Crippen LogP contribution in [-0.4, -0.2) is 23.6 Å². The van der Waals surface area contributed by atoms with Gasteiger partial charge in [0, 0.05) is 26.1 Å². The van der Waals surface area contributed by atoms with E-state index in [4.69, 9.17) is 22.8 Å². The molecule has 0 atom stereocenters. The summed E-state index contributed by atoms with van der Waals surface area (Å²) in [7, 11) is 1.59. The molecule has 86 valence electrons. The molecule has 0 saturated carbocycles. The molecule has 1 heterocycles. The molecule has 0 fully saturated rings. The molecular formula is C11H14ClN3O. The number of anilines is 1. The van der Waals surface area contributed by atoms with Crippen molar-refractivity contribution >= 4 is 17.4 Å². The average molecular weight is 240 g/mol. The molecule has 0 saturated heterocycles. The van der Waals surface area contributed by atoms with Crippen LogP contribution >= 0.6 is 11.6 Å². The zero-order valence-corrected chi connectivity index (χ0v) is 9.92. The van der Waals surface area contributed by atoms with Crippen LogP contribution in [0, 0.1) is 12.3 Å². The Morgan fingerprint density at radius 3 is 3.06 bits per heavy atom. The number of rotatable bonds is 6. The number of terminal acetylenes is 1. The van der Waals surface area contributed by atoms with Gasteiger partial charge in [-0.3, -0.25) is 0 Å². The first-order valence-corrected chi connectivity index (χ1v) is 5.33. The molecule has 0 bridgehead atoms. The topological polar surface area (TPSA) is 47.0 Å². The van der Waals surface area contributed by atoms with E-state index in [2.05, 4.69) is 21.2 Å². The number of halogens is 1. The first kappa shape index (κ1) is 12.8. The van der Waals surface area contributed by atoms with Gasteiger partial charge in [0.05, 0.1) is 0 Å². The van der Waals surface area contributed by atoms with Crippen LogP contribution in [0.2, 0.25) is 5.15 Å². The molecule has 16 heavy (non-hydrogen) atoms. The van der Waals surface area contributed by atoms with Crippen LogP contribution < -0.4 is 5.32 Å². The quantitative estimate of drug-likeness (QED) is 0.469. The second-order valence-corrected chi connectivity index (χ2v) is 3.55. The molecule has 0 aliphatic rings. The van der Waals surface area contributed by atoms with Crippen LogP contribution in [0.4, 0.5) is 5.82 Å². The van der Waals surface area contributed by atoms with Gasteiger partial charge in [-0.25, -0.2) is 9.97 Å².